The van der Waals surface area contributed by atoms with Crippen LogP contribution in [0.25, 0.3) is 0 Å². The van der Waals surface area contributed by atoms with Crippen LogP contribution in [0.2, 0.25) is 0 Å². The van der Waals surface area contributed by atoms with Gasteiger partial charge in [0, 0.05) is 11.3 Å². The highest BCUT2D eigenvalue weighted by atomic mass is 16.3. The number of carbonyl (C=O) groups is 1. The number of carbonyl (C=O) groups excluding carboxylic acids is 1. The summed E-state index contributed by atoms with van der Waals surface area (Å²) in [6.07, 6.45) is 10.6. The molecule has 2 N–H and O–H groups in total. The van der Waals surface area contributed by atoms with Crippen molar-refractivity contribution in [3.63, 3.8) is 0 Å². The van der Waals surface area contributed by atoms with Gasteiger partial charge in [-0.15, -0.1) is 0 Å². The van der Waals surface area contributed by atoms with Gasteiger partial charge in [0.05, 0.1) is 12.2 Å². The van der Waals surface area contributed by atoms with E-state index in [0.29, 0.717) is 11.8 Å². The summed E-state index contributed by atoms with van der Waals surface area (Å²) in [6, 6.07) is 0. The fraction of sp³-hybridized carbons (Fsp3) is 0.900. The summed E-state index contributed by atoms with van der Waals surface area (Å²) in [5.74, 6) is 3.52. The molecular weight excluding hydrogens is 408 g/mol. The average Bonchev–Trinajstić information content (AvgIpc) is 2.72. The van der Waals surface area contributed by atoms with Crippen molar-refractivity contribution in [2.45, 2.75) is 125 Å². The van der Waals surface area contributed by atoms with Gasteiger partial charge >= 0.3 is 0 Å². The molecule has 5 aliphatic carbocycles. The molecule has 8 atom stereocenters. The van der Waals surface area contributed by atoms with Crippen molar-refractivity contribution in [3.8, 4) is 0 Å². The lowest BCUT2D eigenvalue weighted by Gasteiger charge is -2.73. The van der Waals surface area contributed by atoms with Gasteiger partial charge in [-0.05, 0) is 109 Å². The fourth-order valence-electron chi connectivity index (χ4n) is 10.5. The van der Waals surface area contributed by atoms with E-state index >= 15 is 0 Å². The first-order valence-electron chi connectivity index (χ1n) is 13.7. The Hall–Kier alpha value is -0.410. The van der Waals surface area contributed by atoms with Gasteiger partial charge < -0.3 is 15.0 Å². The van der Waals surface area contributed by atoms with E-state index in [1.165, 1.54) is 18.1 Å². The molecule has 5 aliphatic rings. The van der Waals surface area contributed by atoms with Crippen LogP contribution >= 0.6 is 0 Å². The van der Waals surface area contributed by atoms with E-state index in [2.05, 4.69) is 48.5 Å². The minimum atomic E-state index is -0.442. The molecule has 2 radical (unpaired) electrons. The zero-order valence-electron chi connectivity index (χ0n) is 22.3. The maximum absolute atomic E-state index is 12.6. The molecule has 5 rings (SSSR count). The Kier molecular flexibility index (Phi) is 5.22. The standard InChI is InChI=1S/C30H48O3/c1-25(2)12-14-30(18-31)15-13-29(7)24(19(30)17-25)20(32)16-22-27(5)10-9-23(33)26(3,4)21(27)8-11-28(22,29)6/h18,20-23,32-33H,8-17H2,1-7H3/t20-,21+,22-,23+,27+,28-,29-,30-/m1/s1. The van der Waals surface area contributed by atoms with Crippen molar-refractivity contribution in [2.24, 2.45) is 44.3 Å². The molecule has 33 heavy (non-hydrogen) atoms. The monoisotopic (exact) mass is 456 g/mol. The van der Waals surface area contributed by atoms with Crippen molar-refractivity contribution in [1.82, 2.24) is 0 Å². The SMILES string of the molecule is CC1(C)CC[C@]2(C=O)CC[C@]3(C)[C]([C]2C1)[C@H](O)C[C@@H]1[C@@]2(C)CC[C@H](O)C(C)(C)[C@@H]2CC[C@]13C. The summed E-state index contributed by atoms with van der Waals surface area (Å²) in [7, 11) is 0. The summed E-state index contributed by atoms with van der Waals surface area (Å²) in [4.78, 5) is 12.6. The van der Waals surface area contributed by atoms with E-state index in [4.69, 9.17) is 0 Å². The zero-order chi connectivity index (χ0) is 24.2. The highest BCUT2D eigenvalue weighted by Gasteiger charge is 2.72. The topological polar surface area (TPSA) is 57.5 Å². The van der Waals surface area contributed by atoms with Crippen molar-refractivity contribution >= 4 is 6.29 Å². The highest BCUT2D eigenvalue weighted by Crippen LogP contribution is 2.77. The molecule has 5 fully saturated rings. The van der Waals surface area contributed by atoms with Crippen LogP contribution in [0.15, 0.2) is 0 Å². The van der Waals surface area contributed by atoms with Crippen LogP contribution in [0.3, 0.4) is 0 Å². The average molecular weight is 457 g/mol. The lowest BCUT2D eigenvalue weighted by molar-refractivity contribution is -0.225. The van der Waals surface area contributed by atoms with Crippen molar-refractivity contribution < 1.29 is 15.0 Å². The number of aldehydes is 1. The molecule has 186 valence electrons. The van der Waals surface area contributed by atoms with Crippen molar-refractivity contribution in [3.05, 3.63) is 11.8 Å². The second kappa shape index (κ2) is 7.09. The normalized spacial score (nSPS) is 53.8. The molecule has 0 bridgehead atoms. The highest BCUT2D eigenvalue weighted by molar-refractivity contribution is 5.68. The van der Waals surface area contributed by atoms with Gasteiger partial charge in [0.25, 0.3) is 0 Å². The first kappa shape index (κ1) is 24.3. The molecule has 0 aromatic heterocycles. The third kappa shape index (κ3) is 2.96. The quantitative estimate of drug-likeness (QED) is 0.454. The summed E-state index contributed by atoms with van der Waals surface area (Å²) >= 11 is 0. The Morgan fingerprint density at radius 3 is 2.15 bits per heavy atom. The van der Waals surface area contributed by atoms with Gasteiger partial charge in [-0.2, -0.15) is 0 Å². The van der Waals surface area contributed by atoms with Gasteiger partial charge in [0.1, 0.15) is 6.29 Å². The predicted molar refractivity (Wildman–Crippen MR) is 132 cm³/mol. The van der Waals surface area contributed by atoms with Gasteiger partial charge in [0.15, 0.2) is 0 Å². The Morgan fingerprint density at radius 1 is 0.818 bits per heavy atom. The zero-order valence-corrected chi connectivity index (χ0v) is 22.3. The van der Waals surface area contributed by atoms with Gasteiger partial charge in [-0.25, -0.2) is 0 Å². The smallest absolute Gasteiger partial charge is 0.126 e. The van der Waals surface area contributed by atoms with Crippen LogP contribution in [0, 0.1) is 56.2 Å². The predicted octanol–water partition coefficient (Wildman–Crippen LogP) is 6.32. The van der Waals surface area contributed by atoms with E-state index in [1.807, 2.05) is 0 Å². The van der Waals surface area contributed by atoms with Crippen molar-refractivity contribution in [1.29, 1.82) is 0 Å². The first-order valence-corrected chi connectivity index (χ1v) is 13.7. The van der Waals surface area contributed by atoms with Crippen LogP contribution in [-0.4, -0.2) is 28.7 Å². The van der Waals surface area contributed by atoms with E-state index in [9.17, 15) is 15.0 Å². The number of aliphatic hydroxyl groups is 2. The third-order valence-corrected chi connectivity index (χ3v) is 12.8. The Morgan fingerprint density at radius 2 is 1.48 bits per heavy atom. The lowest BCUT2D eigenvalue weighted by Crippen LogP contribution is -2.69. The van der Waals surface area contributed by atoms with Gasteiger partial charge in [0.2, 0.25) is 0 Å². The van der Waals surface area contributed by atoms with E-state index in [0.717, 1.165) is 64.2 Å². The van der Waals surface area contributed by atoms with Crippen LogP contribution in [0.1, 0.15) is 113 Å². The molecule has 0 unspecified atom stereocenters. The number of aliphatic hydroxyl groups excluding tert-OH is 2. The number of rotatable bonds is 1. The van der Waals surface area contributed by atoms with Crippen LogP contribution < -0.4 is 0 Å². The molecule has 3 nitrogen and oxygen atoms in total. The molecule has 5 saturated carbocycles. The largest absolute Gasteiger partial charge is 0.393 e. The number of fused-ring (bicyclic) bond motifs is 7. The Balaban J connectivity index is 1.58. The maximum Gasteiger partial charge on any atom is 0.126 e. The van der Waals surface area contributed by atoms with Crippen LogP contribution in [0.5, 0.6) is 0 Å². The van der Waals surface area contributed by atoms with Crippen molar-refractivity contribution in [2.75, 3.05) is 0 Å². The van der Waals surface area contributed by atoms with Gasteiger partial charge in [-0.1, -0.05) is 48.5 Å². The number of hydrogen-bond acceptors (Lipinski definition) is 3. The molecule has 0 saturated heterocycles. The minimum absolute atomic E-state index is 0.0568. The van der Waals surface area contributed by atoms with E-state index in [-0.39, 0.29) is 38.6 Å². The molecule has 0 aromatic rings. The van der Waals surface area contributed by atoms with E-state index in [1.54, 1.807) is 0 Å². The lowest BCUT2D eigenvalue weighted by atomic mass is 9.31. The molecule has 0 heterocycles. The maximum atomic E-state index is 12.6. The Bertz CT molecular complexity index is 817. The molecule has 0 amide bonds. The Labute approximate surface area is 202 Å². The van der Waals surface area contributed by atoms with Gasteiger partial charge in [-0.3, -0.25) is 0 Å². The number of hydrogen-bond donors (Lipinski definition) is 2. The molecule has 0 aliphatic heterocycles. The minimum Gasteiger partial charge on any atom is -0.393 e. The molecule has 3 heteroatoms. The van der Waals surface area contributed by atoms with Crippen LogP contribution in [0.4, 0.5) is 0 Å². The first-order chi connectivity index (χ1) is 15.2. The molecule has 0 spiro atoms. The summed E-state index contributed by atoms with van der Waals surface area (Å²) in [5.41, 5.74) is -0.0234. The van der Waals surface area contributed by atoms with Crippen LogP contribution in [-0.2, 0) is 4.79 Å². The summed E-state index contributed by atoms with van der Waals surface area (Å²) < 4.78 is 0. The summed E-state index contributed by atoms with van der Waals surface area (Å²) in [5, 5.41) is 22.8. The second-order valence-corrected chi connectivity index (χ2v) is 15.0. The van der Waals surface area contributed by atoms with E-state index < -0.39 is 6.10 Å². The second-order valence-electron chi connectivity index (χ2n) is 15.0. The summed E-state index contributed by atoms with van der Waals surface area (Å²) in [6.45, 7) is 16.7. The molecular formula is C30H48O3. The third-order valence-electron chi connectivity index (χ3n) is 12.8. The molecule has 0 aromatic carbocycles. The fourth-order valence-corrected chi connectivity index (χ4v) is 10.5.